The minimum Gasteiger partial charge on any atom is -0.486 e. The molecule has 1 aromatic heterocycles. The Balaban J connectivity index is 1.41. The van der Waals surface area contributed by atoms with Crippen molar-refractivity contribution >= 4 is 17.3 Å². The first kappa shape index (κ1) is 26.3. The van der Waals surface area contributed by atoms with Gasteiger partial charge >= 0.3 is 0 Å². The Bertz CT molecular complexity index is 1320. The number of nitrogens with zero attached hydrogens (tertiary/aromatic N) is 4. The van der Waals surface area contributed by atoms with Crippen molar-refractivity contribution in [3.8, 4) is 17.0 Å². The number of hydrogen-bond acceptors (Lipinski definition) is 6. The standard InChI is InChI=1S/C29H34F3N5O/c1-29(2,3)17-37-11-12-38-27-23(31)13-19(14-25(27)37)26-24(32)16-33-28(35-26)34-20-5-6-21(22(30)15-20)18-7-9-36(4)10-8-18/h5-6,13-16,18H,7-12,17H2,1-4H3,(H,33,34,35). The van der Waals surface area contributed by atoms with Crippen LogP contribution in [0.4, 0.5) is 30.5 Å². The van der Waals surface area contributed by atoms with Crippen LogP contribution in [0.5, 0.6) is 5.75 Å². The highest BCUT2D eigenvalue weighted by Gasteiger charge is 2.27. The molecule has 0 amide bonds. The van der Waals surface area contributed by atoms with E-state index >= 15 is 4.39 Å². The number of hydrogen-bond donors (Lipinski definition) is 1. The van der Waals surface area contributed by atoms with Crippen molar-refractivity contribution in [3.63, 3.8) is 0 Å². The number of aromatic nitrogens is 2. The van der Waals surface area contributed by atoms with Crippen molar-refractivity contribution in [3.05, 3.63) is 59.5 Å². The summed E-state index contributed by atoms with van der Waals surface area (Å²) in [5.41, 5.74) is 1.93. The molecule has 5 rings (SSSR count). The molecular formula is C29H34F3N5O. The summed E-state index contributed by atoms with van der Waals surface area (Å²) in [5.74, 6) is -1.10. The summed E-state index contributed by atoms with van der Waals surface area (Å²) >= 11 is 0. The maximum Gasteiger partial charge on any atom is 0.227 e. The second-order valence-electron chi connectivity index (χ2n) is 11.5. The molecule has 9 heteroatoms. The van der Waals surface area contributed by atoms with Gasteiger partial charge in [0.25, 0.3) is 0 Å². The largest absolute Gasteiger partial charge is 0.486 e. The highest BCUT2D eigenvalue weighted by Crippen LogP contribution is 2.40. The molecule has 3 aromatic rings. The van der Waals surface area contributed by atoms with Gasteiger partial charge in [-0.05, 0) is 74.1 Å². The van der Waals surface area contributed by atoms with Gasteiger partial charge in [-0.15, -0.1) is 0 Å². The number of fused-ring (bicyclic) bond motifs is 1. The van der Waals surface area contributed by atoms with Crippen molar-refractivity contribution in [2.24, 2.45) is 5.41 Å². The molecule has 2 aliphatic heterocycles. The summed E-state index contributed by atoms with van der Waals surface area (Å²) in [5, 5.41) is 2.97. The lowest BCUT2D eigenvalue weighted by atomic mass is 9.89. The summed E-state index contributed by atoms with van der Waals surface area (Å²) < 4.78 is 50.6. The van der Waals surface area contributed by atoms with Crippen molar-refractivity contribution < 1.29 is 17.9 Å². The molecule has 0 unspecified atom stereocenters. The van der Waals surface area contributed by atoms with Gasteiger partial charge in [0, 0.05) is 17.8 Å². The molecule has 38 heavy (non-hydrogen) atoms. The first-order chi connectivity index (χ1) is 18.1. The van der Waals surface area contributed by atoms with E-state index < -0.39 is 11.6 Å². The second kappa shape index (κ2) is 10.4. The van der Waals surface area contributed by atoms with E-state index in [1.807, 2.05) is 0 Å². The second-order valence-corrected chi connectivity index (χ2v) is 11.5. The minimum atomic E-state index is -0.683. The van der Waals surface area contributed by atoms with E-state index in [0.717, 1.165) is 32.1 Å². The Morgan fingerprint density at radius 1 is 1.00 bits per heavy atom. The monoisotopic (exact) mass is 525 g/mol. The molecule has 0 bridgehead atoms. The van der Waals surface area contributed by atoms with Gasteiger partial charge in [-0.1, -0.05) is 26.8 Å². The fraction of sp³-hybridized carbons (Fsp3) is 0.448. The maximum absolute atomic E-state index is 15.1. The van der Waals surface area contributed by atoms with Crippen LogP contribution in [-0.4, -0.2) is 54.7 Å². The van der Waals surface area contributed by atoms with Crippen molar-refractivity contribution in [1.29, 1.82) is 0 Å². The van der Waals surface area contributed by atoms with Gasteiger partial charge in [-0.3, -0.25) is 0 Å². The molecule has 1 saturated heterocycles. The molecule has 0 saturated carbocycles. The number of piperidine rings is 1. The van der Waals surface area contributed by atoms with Gasteiger partial charge < -0.3 is 19.9 Å². The van der Waals surface area contributed by atoms with E-state index in [1.54, 1.807) is 18.2 Å². The van der Waals surface area contributed by atoms with Crippen LogP contribution >= 0.6 is 0 Å². The highest BCUT2D eigenvalue weighted by atomic mass is 19.1. The molecule has 2 aromatic carbocycles. The van der Waals surface area contributed by atoms with Crippen LogP contribution in [0.25, 0.3) is 11.3 Å². The zero-order valence-corrected chi connectivity index (χ0v) is 22.3. The number of nitrogens with one attached hydrogen (secondary N) is 1. The van der Waals surface area contributed by atoms with E-state index in [2.05, 4.69) is 52.9 Å². The van der Waals surface area contributed by atoms with Gasteiger partial charge in [0.1, 0.15) is 18.1 Å². The zero-order chi connectivity index (χ0) is 27.0. The Labute approximate surface area is 221 Å². The average molecular weight is 526 g/mol. The molecule has 3 heterocycles. The van der Waals surface area contributed by atoms with Crippen LogP contribution in [0.2, 0.25) is 0 Å². The van der Waals surface area contributed by atoms with Gasteiger partial charge in [-0.2, -0.15) is 0 Å². The van der Waals surface area contributed by atoms with Gasteiger partial charge in [0.05, 0.1) is 18.4 Å². The molecule has 1 N–H and O–H groups in total. The van der Waals surface area contributed by atoms with Crippen LogP contribution in [0.15, 0.2) is 36.5 Å². The normalized spacial score (nSPS) is 16.8. The fourth-order valence-electron chi connectivity index (χ4n) is 5.22. The number of anilines is 3. The predicted octanol–water partition coefficient (Wildman–Crippen LogP) is 6.36. The van der Waals surface area contributed by atoms with Crippen molar-refractivity contribution in [1.82, 2.24) is 14.9 Å². The van der Waals surface area contributed by atoms with Crippen LogP contribution in [-0.2, 0) is 0 Å². The third-order valence-corrected chi connectivity index (χ3v) is 7.07. The summed E-state index contributed by atoms with van der Waals surface area (Å²) in [6.45, 7) is 9.87. The molecule has 0 atom stereocenters. The lowest BCUT2D eigenvalue weighted by Crippen LogP contribution is -2.38. The topological polar surface area (TPSA) is 53.5 Å². The van der Waals surface area contributed by atoms with Gasteiger partial charge in [-0.25, -0.2) is 23.1 Å². The van der Waals surface area contributed by atoms with Crippen molar-refractivity contribution in [2.45, 2.75) is 39.5 Å². The lowest BCUT2D eigenvalue weighted by molar-refractivity contribution is 0.253. The van der Waals surface area contributed by atoms with E-state index in [9.17, 15) is 8.78 Å². The molecule has 0 aliphatic carbocycles. The molecule has 0 spiro atoms. The van der Waals surface area contributed by atoms with Crippen LogP contribution < -0.4 is 15.0 Å². The molecular weight excluding hydrogens is 491 g/mol. The maximum atomic E-state index is 15.1. The third kappa shape index (κ3) is 5.72. The van der Waals surface area contributed by atoms with E-state index in [4.69, 9.17) is 4.74 Å². The van der Waals surface area contributed by atoms with Crippen LogP contribution in [0.3, 0.4) is 0 Å². The summed E-state index contributed by atoms with van der Waals surface area (Å²) in [4.78, 5) is 12.7. The van der Waals surface area contributed by atoms with E-state index in [-0.39, 0.29) is 40.1 Å². The number of likely N-dealkylation sites (tertiary alicyclic amines) is 1. The Kier molecular flexibility index (Phi) is 7.22. The third-order valence-electron chi connectivity index (χ3n) is 7.07. The lowest BCUT2D eigenvalue weighted by Gasteiger charge is -2.36. The summed E-state index contributed by atoms with van der Waals surface area (Å²) in [6, 6.07) is 7.92. The zero-order valence-electron chi connectivity index (χ0n) is 22.3. The Hall–Kier alpha value is -3.33. The first-order valence-corrected chi connectivity index (χ1v) is 13.1. The Morgan fingerprint density at radius 2 is 1.76 bits per heavy atom. The molecule has 202 valence electrons. The van der Waals surface area contributed by atoms with Gasteiger partial charge in [0.2, 0.25) is 5.95 Å². The smallest absolute Gasteiger partial charge is 0.227 e. The average Bonchev–Trinajstić information content (AvgIpc) is 2.85. The van der Waals surface area contributed by atoms with Crippen molar-refractivity contribution in [2.75, 3.05) is 50.1 Å². The van der Waals surface area contributed by atoms with Gasteiger partial charge in [0.15, 0.2) is 17.4 Å². The summed E-state index contributed by atoms with van der Waals surface area (Å²) in [6.07, 6.45) is 2.87. The predicted molar refractivity (Wildman–Crippen MR) is 144 cm³/mol. The minimum absolute atomic E-state index is 0.0312. The van der Waals surface area contributed by atoms with E-state index in [1.165, 1.54) is 12.1 Å². The molecule has 1 fully saturated rings. The van der Waals surface area contributed by atoms with E-state index in [0.29, 0.717) is 36.6 Å². The fourth-order valence-corrected chi connectivity index (χ4v) is 5.22. The number of ether oxygens (including phenoxy) is 1. The highest BCUT2D eigenvalue weighted by molar-refractivity contribution is 5.73. The Morgan fingerprint density at radius 3 is 2.47 bits per heavy atom. The van der Waals surface area contributed by atoms with Crippen LogP contribution in [0.1, 0.15) is 45.1 Å². The summed E-state index contributed by atoms with van der Waals surface area (Å²) in [7, 11) is 2.07. The quantitative estimate of drug-likeness (QED) is 0.419. The number of halogens is 3. The number of benzene rings is 2. The number of rotatable bonds is 5. The first-order valence-electron chi connectivity index (χ1n) is 13.1. The SMILES string of the molecule is CN1CCC(c2ccc(Nc3ncc(F)c(-c4cc(F)c5c(c4)N(CC(C)(C)C)CCO5)n3)cc2F)CC1. The molecule has 0 radical (unpaired) electrons. The molecule has 2 aliphatic rings. The molecule has 6 nitrogen and oxygen atoms in total. The van der Waals surface area contributed by atoms with Crippen LogP contribution in [0, 0.1) is 22.9 Å².